The van der Waals surface area contributed by atoms with Gasteiger partial charge in [-0.05, 0) is 43.5 Å². The van der Waals surface area contributed by atoms with Crippen molar-refractivity contribution in [2.45, 2.75) is 30.7 Å². The molecule has 1 saturated heterocycles. The highest BCUT2D eigenvalue weighted by molar-refractivity contribution is 7.89. The van der Waals surface area contributed by atoms with Crippen molar-refractivity contribution in [3.05, 3.63) is 23.8 Å². The molecule has 1 aliphatic rings. The Labute approximate surface area is 119 Å². The number of benzene rings is 1. The molecule has 1 unspecified atom stereocenters. The Morgan fingerprint density at radius 2 is 2.10 bits per heavy atom. The minimum atomic E-state index is -3.70. The van der Waals surface area contributed by atoms with Crippen molar-refractivity contribution in [2.75, 3.05) is 19.3 Å². The van der Waals surface area contributed by atoms with Gasteiger partial charge in [-0.2, -0.15) is 4.31 Å². The number of nitrogen functional groups attached to an aromatic ring is 1. The lowest BCUT2D eigenvalue weighted by atomic mass is 10.2. The number of amides is 1. The van der Waals surface area contributed by atoms with Crippen LogP contribution in [0.3, 0.4) is 0 Å². The number of hydrogen-bond acceptors (Lipinski definition) is 4. The number of nitrogens with two attached hydrogens (primary N) is 1. The number of carbonyl (C=O) groups excluding carboxylic acids is 1. The third-order valence-corrected chi connectivity index (χ3v) is 5.32. The number of nitrogens with zero attached hydrogens (tertiary/aromatic N) is 1. The van der Waals surface area contributed by atoms with Crippen molar-refractivity contribution >= 4 is 21.6 Å². The van der Waals surface area contributed by atoms with E-state index in [-0.39, 0.29) is 10.8 Å². The summed E-state index contributed by atoms with van der Waals surface area (Å²) in [5.41, 5.74) is 6.89. The van der Waals surface area contributed by atoms with E-state index in [1.807, 2.05) is 0 Å². The number of carbonyl (C=O) groups is 1. The highest BCUT2D eigenvalue weighted by Crippen LogP contribution is 2.27. The van der Waals surface area contributed by atoms with Crippen LogP contribution in [0.15, 0.2) is 23.1 Å². The van der Waals surface area contributed by atoms with Crippen molar-refractivity contribution in [3.63, 3.8) is 0 Å². The van der Waals surface area contributed by atoms with Crippen molar-refractivity contribution < 1.29 is 13.2 Å². The molecule has 0 aliphatic carbocycles. The summed E-state index contributed by atoms with van der Waals surface area (Å²) in [6.07, 6.45) is 1.22. The van der Waals surface area contributed by atoms with E-state index in [4.69, 9.17) is 5.73 Å². The van der Waals surface area contributed by atoms with Crippen molar-refractivity contribution in [3.8, 4) is 0 Å². The molecule has 2 rings (SSSR count). The first-order chi connectivity index (χ1) is 9.36. The molecule has 1 fully saturated rings. The minimum Gasteiger partial charge on any atom is -0.399 e. The maximum atomic E-state index is 12.7. The lowest BCUT2D eigenvalue weighted by Gasteiger charge is -2.23. The zero-order valence-electron chi connectivity index (χ0n) is 11.6. The van der Waals surface area contributed by atoms with Crippen molar-refractivity contribution in [1.29, 1.82) is 0 Å². The Morgan fingerprint density at radius 1 is 1.40 bits per heavy atom. The molecular formula is C13H19N3O3S. The van der Waals surface area contributed by atoms with Crippen molar-refractivity contribution in [1.82, 2.24) is 9.62 Å². The fourth-order valence-corrected chi connectivity index (χ4v) is 4.31. The SMILES string of the molecule is CNC(=O)C1CCCN1S(=O)(=O)c1cc(C)cc(N)c1. The van der Waals surface area contributed by atoms with E-state index < -0.39 is 16.1 Å². The highest BCUT2D eigenvalue weighted by Gasteiger charge is 2.39. The molecular weight excluding hydrogens is 278 g/mol. The van der Waals surface area contributed by atoms with E-state index in [2.05, 4.69) is 5.32 Å². The summed E-state index contributed by atoms with van der Waals surface area (Å²) in [4.78, 5) is 11.9. The number of rotatable bonds is 3. The first-order valence-electron chi connectivity index (χ1n) is 6.47. The van der Waals surface area contributed by atoms with Crippen LogP contribution in [0.4, 0.5) is 5.69 Å². The van der Waals surface area contributed by atoms with Crippen LogP contribution >= 0.6 is 0 Å². The molecule has 0 saturated carbocycles. The molecule has 110 valence electrons. The second-order valence-corrected chi connectivity index (χ2v) is 6.86. The Kier molecular flexibility index (Phi) is 4.01. The average Bonchev–Trinajstić information content (AvgIpc) is 2.86. The van der Waals surface area contributed by atoms with Crippen LogP contribution in [-0.4, -0.2) is 38.3 Å². The van der Waals surface area contributed by atoms with Gasteiger partial charge in [0.15, 0.2) is 0 Å². The number of sulfonamides is 1. The summed E-state index contributed by atoms with van der Waals surface area (Å²) < 4.78 is 26.6. The van der Waals surface area contributed by atoms with E-state index in [1.165, 1.54) is 17.4 Å². The van der Waals surface area contributed by atoms with Gasteiger partial charge in [0.1, 0.15) is 6.04 Å². The van der Waals surface area contributed by atoms with Crippen LogP contribution in [0.2, 0.25) is 0 Å². The summed E-state index contributed by atoms with van der Waals surface area (Å²) in [5, 5.41) is 2.51. The van der Waals surface area contributed by atoms with E-state index in [0.717, 1.165) is 5.56 Å². The fourth-order valence-electron chi connectivity index (χ4n) is 2.52. The van der Waals surface area contributed by atoms with E-state index >= 15 is 0 Å². The predicted octanol–water partition coefficient (Wildman–Crippen LogP) is 0.476. The second kappa shape index (κ2) is 5.41. The molecule has 1 aromatic carbocycles. The molecule has 7 heteroatoms. The number of anilines is 1. The largest absolute Gasteiger partial charge is 0.399 e. The van der Waals surface area contributed by atoms with Crippen LogP contribution in [0.1, 0.15) is 18.4 Å². The zero-order valence-corrected chi connectivity index (χ0v) is 12.4. The minimum absolute atomic E-state index is 0.144. The summed E-state index contributed by atoms with van der Waals surface area (Å²) in [7, 11) is -2.19. The van der Waals surface area contributed by atoms with E-state index in [9.17, 15) is 13.2 Å². The monoisotopic (exact) mass is 297 g/mol. The van der Waals surface area contributed by atoms with Gasteiger partial charge < -0.3 is 11.1 Å². The molecule has 0 radical (unpaired) electrons. The summed E-state index contributed by atoms with van der Waals surface area (Å²) in [6.45, 7) is 2.14. The first kappa shape index (κ1) is 14.8. The molecule has 6 nitrogen and oxygen atoms in total. The summed E-state index contributed by atoms with van der Waals surface area (Å²) in [5.74, 6) is -0.272. The van der Waals surface area contributed by atoms with Gasteiger partial charge >= 0.3 is 0 Å². The quantitative estimate of drug-likeness (QED) is 0.794. The molecule has 0 bridgehead atoms. The number of hydrogen-bond donors (Lipinski definition) is 2. The molecule has 1 amide bonds. The molecule has 3 N–H and O–H groups in total. The second-order valence-electron chi connectivity index (χ2n) is 4.97. The predicted molar refractivity (Wildman–Crippen MR) is 76.6 cm³/mol. The van der Waals surface area contributed by atoms with E-state index in [1.54, 1.807) is 19.1 Å². The average molecular weight is 297 g/mol. The number of nitrogens with one attached hydrogen (secondary N) is 1. The zero-order chi connectivity index (χ0) is 14.9. The van der Waals surface area contributed by atoms with Gasteiger partial charge in [0.2, 0.25) is 15.9 Å². The fraction of sp³-hybridized carbons (Fsp3) is 0.462. The van der Waals surface area contributed by atoms with Crippen LogP contribution in [-0.2, 0) is 14.8 Å². The highest BCUT2D eigenvalue weighted by atomic mass is 32.2. The topological polar surface area (TPSA) is 92.5 Å². The Hall–Kier alpha value is -1.60. The molecule has 1 atom stereocenters. The normalized spacial score (nSPS) is 20.0. The number of aryl methyl sites for hydroxylation is 1. The van der Waals surface area contributed by atoms with Gasteiger partial charge in [-0.25, -0.2) is 8.42 Å². The van der Waals surface area contributed by atoms with Gasteiger partial charge in [-0.3, -0.25) is 4.79 Å². The van der Waals surface area contributed by atoms with Gasteiger partial charge in [-0.15, -0.1) is 0 Å². The van der Waals surface area contributed by atoms with Crippen LogP contribution in [0, 0.1) is 6.92 Å². The van der Waals surface area contributed by atoms with Crippen LogP contribution in [0.5, 0.6) is 0 Å². The molecule has 0 aromatic heterocycles. The van der Waals surface area contributed by atoms with Crippen LogP contribution in [0.25, 0.3) is 0 Å². The molecule has 1 aliphatic heterocycles. The van der Waals surface area contributed by atoms with Gasteiger partial charge in [0.05, 0.1) is 4.90 Å². The molecule has 20 heavy (non-hydrogen) atoms. The lowest BCUT2D eigenvalue weighted by Crippen LogP contribution is -2.44. The van der Waals surface area contributed by atoms with E-state index in [0.29, 0.717) is 25.1 Å². The Bertz CT molecular complexity index is 607. The Balaban J connectivity index is 2.41. The maximum absolute atomic E-state index is 12.7. The number of likely N-dealkylation sites (N-methyl/N-ethyl adjacent to an activating group) is 1. The maximum Gasteiger partial charge on any atom is 0.243 e. The summed E-state index contributed by atoms with van der Waals surface area (Å²) in [6, 6.07) is 4.08. The van der Waals surface area contributed by atoms with Crippen molar-refractivity contribution in [2.24, 2.45) is 0 Å². The Morgan fingerprint density at radius 3 is 2.70 bits per heavy atom. The smallest absolute Gasteiger partial charge is 0.243 e. The standard InChI is InChI=1S/C13H19N3O3S/c1-9-6-10(14)8-11(7-9)20(18,19)16-5-3-4-12(16)13(17)15-2/h6-8,12H,3-5,14H2,1-2H3,(H,15,17). The first-order valence-corrected chi connectivity index (χ1v) is 7.91. The summed E-state index contributed by atoms with van der Waals surface area (Å²) >= 11 is 0. The molecule has 1 heterocycles. The van der Waals surface area contributed by atoms with Gasteiger partial charge in [0, 0.05) is 19.3 Å². The molecule has 0 spiro atoms. The van der Waals surface area contributed by atoms with Crippen LogP contribution < -0.4 is 11.1 Å². The van der Waals surface area contributed by atoms with Gasteiger partial charge in [-0.1, -0.05) is 0 Å². The molecule has 1 aromatic rings. The third kappa shape index (κ3) is 2.64. The third-order valence-electron chi connectivity index (χ3n) is 3.43. The van der Waals surface area contributed by atoms with Gasteiger partial charge in [0.25, 0.3) is 0 Å². The lowest BCUT2D eigenvalue weighted by molar-refractivity contribution is -0.123.